The summed E-state index contributed by atoms with van der Waals surface area (Å²) in [5.74, 6) is -0.550. The fraction of sp³-hybridized carbons (Fsp3) is 0.714. The summed E-state index contributed by atoms with van der Waals surface area (Å²) in [4.78, 5) is 14.4. The first-order valence-electron chi connectivity index (χ1n) is 3.47. The largest absolute Gasteiger partial charge is 0.369 e. The predicted molar refractivity (Wildman–Crippen MR) is 42.0 cm³/mol. The van der Waals surface area contributed by atoms with Gasteiger partial charge in [0, 0.05) is 12.8 Å². The second-order valence-electron chi connectivity index (χ2n) is 2.25. The zero-order valence-corrected chi connectivity index (χ0v) is 6.50. The molecule has 0 aromatic rings. The Labute approximate surface area is 61.3 Å². The lowest BCUT2D eigenvalue weighted by Crippen LogP contribution is -2.21. The molecule has 2 N–H and O–H groups in total. The lowest BCUT2D eigenvalue weighted by molar-refractivity contribution is -0.119. The molecule has 0 rings (SSSR count). The van der Waals surface area contributed by atoms with Gasteiger partial charge in [0.05, 0.1) is 5.92 Å². The highest BCUT2D eigenvalue weighted by Gasteiger charge is 2.02. The van der Waals surface area contributed by atoms with Crippen molar-refractivity contribution in [1.82, 2.24) is 0 Å². The van der Waals surface area contributed by atoms with Crippen LogP contribution in [0.3, 0.4) is 0 Å². The highest BCUT2D eigenvalue weighted by Crippen LogP contribution is 1.87. The van der Waals surface area contributed by atoms with E-state index in [1.165, 1.54) is 0 Å². The van der Waals surface area contributed by atoms with Crippen molar-refractivity contribution in [3.8, 4) is 0 Å². The minimum absolute atomic E-state index is 0.230. The first kappa shape index (κ1) is 9.14. The molecule has 10 heavy (non-hydrogen) atoms. The molecule has 1 unspecified atom stereocenters. The molecule has 0 heterocycles. The van der Waals surface area contributed by atoms with Crippen LogP contribution in [0.4, 0.5) is 0 Å². The fourth-order valence-corrected chi connectivity index (χ4v) is 0.435. The second kappa shape index (κ2) is 4.97. The van der Waals surface area contributed by atoms with Gasteiger partial charge in [-0.2, -0.15) is 0 Å². The molecule has 58 valence electrons. The van der Waals surface area contributed by atoms with Crippen LogP contribution in [0.5, 0.6) is 0 Å². The predicted octanol–water partition coefficient (Wildman–Crippen LogP) is 0.589. The van der Waals surface area contributed by atoms with Gasteiger partial charge in [-0.05, 0) is 13.3 Å². The third kappa shape index (κ3) is 4.06. The normalized spacial score (nSPS) is 13.8. The Morgan fingerprint density at radius 1 is 1.80 bits per heavy atom. The number of hydrogen-bond acceptors (Lipinski definition) is 2. The molecule has 3 nitrogen and oxygen atoms in total. The third-order valence-corrected chi connectivity index (χ3v) is 1.13. The molecule has 0 spiro atoms. The summed E-state index contributed by atoms with van der Waals surface area (Å²) >= 11 is 0. The van der Waals surface area contributed by atoms with Crippen molar-refractivity contribution in [2.75, 3.05) is 6.54 Å². The first-order chi connectivity index (χ1) is 4.68. The van der Waals surface area contributed by atoms with Gasteiger partial charge >= 0.3 is 0 Å². The Hall–Kier alpha value is -0.860. The van der Waals surface area contributed by atoms with E-state index in [4.69, 9.17) is 5.73 Å². The topological polar surface area (TPSA) is 55.4 Å². The van der Waals surface area contributed by atoms with Gasteiger partial charge in [0.15, 0.2) is 0 Å². The summed E-state index contributed by atoms with van der Waals surface area (Å²) < 4.78 is 0. The van der Waals surface area contributed by atoms with Crippen LogP contribution in [-0.4, -0.2) is 18.7 Å². The molecule has 0 aromatic heterocycles. The van der Waals surface area contributed by atoms with E-state index in [9.17, 15) is 4.79 Å². The number of nitrogens with two attached hydrogens (primary N) is 1. The molecule has 0 fully saturated rings. The van der Waals surface area contributed by atoms with E-state index in [0.717, 1.165) is 13.0 Å². The van der Waals surface area contributed by atoms with E-state index in [2.05, 4.69) is 4.99 Å². The summed E-state index contributed by atoms with van der Waals surface area (Å²) in [5.41, 5.74) is 4.99. The number of amides is 1. The zero-order chi connectivity index (χ0) is 7.98. The molecule has 0 radical (unpaired) electrons. The van der Waals surface area contributed by atoms with Crippen molar-refractivity contribution in [2.24, 2.45) is 16.6 Å². The molecule has 0 aliphatic carbocycles. The molecule has 0 saturated heterocycles. The Balaban J connectivity index is 3.55. The summed E-state index contributed by atoms with van der Waals surface area (Å²) in [5, 5.41) is 0. The minimum Gasteiger partial charge on any atom is -0.369 e. The van der Waals surface area contributed by atoms with Crippen LogP contribution in [-0.2, 0) is 4.79 Å². The van der Waals surface area contributed by atoms with Crippen molar-refractivity contribution in [2.45, 2.75) is 20.3 Å². The Bertz CT molecular complexity index is 132. The van der Waals surface area contributed by atoms with E-state index < -0.39 is 0 Å². The van der Waals surface area contributed by atoms with E-state index >= 15 is 0 Å². The maximum atomic E-state index is 10.4. The number of nitrogens with zero attached hydrogens (tertiary/aromatic N) is 1. The van der Waals surface area contributed by atoms with Crippen LogP contribution < -0.4 is 5.73 Å². The molecule has 0 bridgehead atoms. The van der Waals surface area contributed by atoms with Gasteiger partial charge in [0.25, 0.3) is 0 Å². The number of primary amides is 1. The summed E-state index contributed by atoms with van der Waals surface area (Å²) in [6.07, 6.45) is 2.60. The van der Waals surface area contributed by atoms with E-state index in [1.54, 1.807) is 13.1 Å². The van der Waals surface area contributed by atoms with Gasteiger partial charge in [0.2, 0.25) is 5.91 Å². The third-order valence-electron chi connectivity index (χ3n) is 1.13. The lowest BCUT2D eigenvalue weighted by Gasteiger charge is -1.96. The Morgan fingerprint density at radius 2 is 2.40 bits per heavy atom. The van der Waals surface area contributed by atoms with Gasteiger partial charge in [-0.3, -0.25) is 9.79 Å². The van der Waals surface area contributed by atoms with E-state index in [-0.39, 0.29) is 11.8 Å². The van der Waals surface area contributed by atoms with Gasteiger partial charge in [0.1, 0.15) is 0 Å². The van der Waals surface area contributed by atoms with Gasteiger partial charge in [-0.1, -0.05) is 6.92 Å². The molecular formula is C7H14N2O. The summed E-state index contributed by atoms with van der Waals surface area (Å²) in [6, 6.07) is 0. The van der Waals surface area contributed by atoms with Gasteiger partial charge < -0.3 is 5.73 Å². The number of aliphatic imine (C=N–C) groups is 1. The standard InChI is InChI=1S/C7H14N2O/c1-3-4-9-5-6(2)7(8)10/h5-6H,3-4H2,1-2H3,(H2,8,10). The monoisotopic (exact) mass is 142 g/mol. The Kier molecular flexibility index (Phi) is 4.54. The number of rotatable bonds is 4. The van der Waals surface area contributed by atoms with Crippen molar-refractivity contribution in [3.05, 3.63) is 0 Å². The lowest BCUT2D eigenvalue weighted by atomic mass is 10.2. The van der Waals surface area contributed by atoms with Gasteiger partial charge in [-0.15, -0.1) is 0 Å². The SMILES string of the molecule is CCCN=CC(C)C(N)=O. The number of carbonyl (C=O) groups excluding carboxylic acids is 1. The van der Waals surface area contributed by atoms with Crippen LogP contribution in [0.15, 0.2) is 4.99 Å². The molecular weight excluding hydrogens is 128 g/mol. The van der Waals surface area contributed by atoms with Crippen molar-refractivity contribution < 1.29 is 4.79 Å². The van der Waals surface area contributed by atoms with Crippen LogP contribution in [0.2, 0.25) is 0 Å². The molecule has 0 saturated carbocycles. The van der Waals surface area contributed by atoms with Crippen LogP contribution in [0.25, 0.3) is 0 Å². The zero-order valence-electron chi connectivity index (χ0n) is 6.50. The van der Waals surface area contributed by atoms with Crippen molar-refractivity contribution in [3.63, 3.8) is 0 Å². The quantitative estimate of drug-likeness (QED) is 0.574. The van der Waals surface area contributed by atoms with Crippen molar-refractivity contribution in [1.29, 1.82) is 0 Å². The van der Waals surface area contributed by atoms with Crippen LogP contribution >= 0.6 is 0 Å². The smallest absolute Gasteiger partial charge is 0.225 e. The molecule has 1 atom stereocenters. The second-order valence-corrected chi connectivity index (χ2v) is 2.25. The van der Waals surface area contributed by atoms with E-state index in [1.807, 2.05) is 6.92 Å². The van der Waals surface area contributed by atoms with Crippen LogP contribution in [0, 0.1) is 5.92 Å². The van der Waals surface area contributed by atoms with E-state index in [0.29, 0.717) is 0 Å². The highest BCUT2D eigenvalue weighted by atomic mass is 16.1. The first-order valence-corrected chi connectivity index (χ1v) is 3.47. The van der Waals surface area contributed by atoms with Gasteiger partial charge in [-0.25, -0.2) is 0 Å². The molecule has 1 amide bonds. The Morgan fingerprint density at radius 3 is 2.80 bits per heavy atom. The molecule has 0 aliphatic rings. The molecule has 0 aromatic carbocycles. The molecule has 3 heteroatoms. The maximum absolute atomic E-state index is 10.4. The number of hydrogen-bond donors (Lipinski definition) is 1. The van der Waals surface area contributed by atoms with Crippen molar-refractivity contribution >= 4 is 12.1 Å². The fourth-order valence-electron chi connectivity index (χ4n) is 0.435. The summed E-state index contributed by atoms with van der Waals surface area (Å²) in [6.45, 7) is 4.55. The van der Waals surface area contributed by atoms with Crippen LogP contribution in [0.1, 0.15) is 20.3 Å². The average molecular weight is 142 g/mol. The highest BCUT2D eigenvalue weighted by molar-refractivity contribution is 5.91. The average Bonchev–Trinajstić information content (AvgIpc) is 1.88. The maximum Gasteiger partial charge on any atom is 0.225 e. The number of carbonyl (C=O) groups is 1. The minimum atomic E-state index is -0.320. The molecule has 0 aliphatic heterocycles. The summed E-state index contributed by atoms with van der Waals surface area (Å²) in [7, 11) is 0.